The number of carbonyl (C=O) groups is 4. The van der Waals surface area contributed by atoms with Gasteiger partial charge in [0.1, 0.15) is 23.6 Å². The first kappa shape index (κ1) is 42.3. The number of pyridine rings is 1. The highest BCUT2D eigenvalue weighted by molar-refractivity contribution is 6.17. The van der Waals surface area contributed by atoms with Crippen molar-refractivity contribution in [3.05, 3.63) is 78.5 Å². The molecule has 5 atom stereocenters. The predicted molar refractivity (Wildman–Crippen MR) is 209 cm³/mol. The van der Waals surface area contributed by atoms with E-state index in [-0.39, 0.29) is 35.1 Å². The number of carbonyl (C=O) groups excluding carboxylic acids is 2. The van der Waals surface area contributed by atoms with Gasteiger partial charge in [0.2, 0.25) is 11.8 Å². The smallest absolute Gasteiger partial charge is 0.321 e. The van der Waals surface area contributed by atoms with Crippen LogP contribution in [0.5, 0.6) is 23.0 Å². The average Bonchev–Trinajstić information content (AvgIpc) is 3.97. The first-order valence-corrected chi connectivity index (χ1v) is 18.7. The van der Waals surface area contributed by atoms with E-state index in [1.807, 2.05) is 0 Å². The molecule has 0 bridgehead atoms. The number of carboxylic acids is 2. The van der Waals surface area contributed by atoms with Crippen molar-refractivity contribution in [3.8, 4) is 23.0 Å². The van der Waals surface area contributed by atoms with Gasteiger partial charge in [-0.2, -0.15) is 0 Å². The van der Waals surface area contributed by atoms with Crippen LogP contribution in [-0.2, 0) is 19.2 Å². The molecule has 2 fully saturated rings. The lowest BCUT2D eigenvalue weighted by molar-refractivity contribution is -0.158. The lowest BCUT2D eigenvalue weighted by Crippen LogP contribution is -2.38. The van der Waals surface area contributed by atoms with Crippen molar-refractivity contribution in [2.45, 2.75) is 41.5 Å². The molecule has 6 rings (SSSR count). The van der Waals surface area contributed by atoms with E-state index in [0.717, 1.165) is 25.7 Å². The van der Waals surface area contributed by atoms with Crippen molar-refractivity contribution >= 4 is 46.0 Å². The molecule has 4 N–H and O–H groups in total. The monoisotopic (exact) mass is 790 g/mol. The highest BCUT2D eigenvalue weighted by atomic mass is 19.1. The van der Waals surface area contributed by atoms with Gasteiger partial charge in [-0.05, 0) is 85.3 Å². The van der Waals surface area contributed by atoms with E-state index in [0.29, 0.717) is 40.4 Å². The maximum Gasteiger partial charge on any atom is 0.321 e. The average molecular weight is 791 g/mol. The molecule has 0 spiro atoms. The maximum absolute atomic E-state index is 15.4. The number of benzene rings is 3. The van der Waals surface area contributed by atoms with Crippen LogP contribution in [0.1, 0.15) is 41.5 Å². The summed E-state index contributed by atoms with van der Waals surface area (Å²) in [4.78, 5) is 54.5. The van der Waals surface area contributed by atoms with Gasteiger partial charge >= 0.3 is 11.9 Å². The second-order valence-corrected chi connectivity index (χ2v) is 14.4. The molecule has 1 aromatic heterocycles. The zero-order chi connectivity index (χ0) is 41.8. The molecule has 2 amide bonds. The van der Waals surface area contributed by atoms with Crippen molar-refractivity contribution in [2.24, 2.45) is 34.5 Å². The molecular weight excluding hydrogens is 742 g/mol. The number of carboxylic acid groups (broad SMARTS) is 2. The Morgan fingerprint density at radius 2 is 1.30 bits per heavy atom. The molecule has 1 heterocycles. The van der Waals surface area contributed by atoms with E-state index in [1.165, 1.54) is 36.4 Å². The first-order chi connectivity index (χ1) is 27.1. The van der Waals surface area contributed by atoms with Gasteiger partial charge in [0.25, 0.3) is 0 Å². The molecular formula is C42H48F2N4O9. The number of amides is 2. The van der Waals surface area contributed by atoms with E-state index < -0.39 is 46.2 Å². The molecule has 4 aromatic rings. The molecule has 1 unspecified atom stereocenters. The third kappa shape index (κ3) is 8.20. The SMILES string of the molecule is CCN(CC)CCOc1cc2nccc(Oc3ccc(NC(=O)C4(C(=O)Nc5ccc(F)cc5)[C@H](C)[C@@H]4C)cc3F)c2cc1OC.C[C@@H]1[C@H](C)C1(C(=O)O)C(=O)O. The number of methoxy groups -OCH3 is 1. The zero-order valence-electron chi connectivity index (χ0n) is 32.9. The summed E-state index contributed by atoms with van der Waals surface area (Å²) in [6, 6.07) is 14.5. The lowest BCUT2D eigenvalue weighted by Gasteiger charge is -2.19. The number of aromatic nitrogens is 1. The number of nitrogens with zero attached hydrogens (tertiary/aromatic N) is 2. The van der Waals surface area contributed by atoms with Crippen LogP contribution in [0.25, 0.3) is 10.9 Å². The molecule has 2 saturated carbocycles. The summed E-state index contributed by atoms with van der Waals surface area (Å²) in [6.45, 7) is 14.2. The Hall–Kier alpha value is -5.83. The highest BCUT2D eigenvalue weighted by Crippen LogP contribution is 2.60. The number of aliphatic carboxylic acids is 2. The van der Waals surface area contributed by atoms with Crippen molar-refractivity contribution in [1.82, 2.24) is 9.88 Å². The Kier molecular flexibility index (Phi) is 12.7. The lowest BCUT2D eigenvalue weighted by atomic mass is 9.99. The van der Waals surface area contributed by atoms with Crippen molar-refractivity contribution in [3.63, 3.8) is 0 Å². The quantitative estimate of drug-likeness (QED) is 0.0889. The van der Waals surface area contributed by atoms with Crippen LogP contribution in [0, 0.1) is 46.1 Å². The first-order valence-electron chi connectivity index (χ1n) is 18.7. The summed E-state index contributed by atoms with van der Waals surface area (Å²) in [5.41, 5.74) is -1.74. The molecule has 57 heavy (non-hydrogen) atoms. The van der Waals surface area contributed by atoms with Crippen LogP contribution in [-0.4, -0.2) is 77.2 Å². The van der Waals surface area contributed by atoms with Crippen LogP contribution >= 0.6 is 0 Å². The minimum atomic E-state index is -1.50. The molecule has 2 aliphatic carbocycles. The number of hydrogen-bond donors (Lipinski definition) is 4. The molecule has 304 valence electrons. The van der Waals surface area contributed by atoms with E-state index >= 15 is 4.39 Å². The second kappa shape index (κ2) is 17.1. The summed E-state index contributed by atoms with van der Waals surface area (Å²) in [7, 11) is 1.54. The standard InChI is InChI=1S/C35H38F2N4O5.C7H10O4/c1-6-41(7-2)16-17-45-32-20-28-26(19-31(32)44-5)29(14-15-38-28)46-30-13-12-25(18-27(30)37)40-34(43)35(21(3)22(35)4)33(42)39-24-10-8-23(36)9-11-24;1-3-4(2)7(3,5(8)9)6(10)11/h8-15,18-22H,6-7,16-17H2,1-5H3,(H,39,42)(H,40,43);3-4H,1-2H3,(H,8,9)(H,10,11)/t21-,22+,35?;3-,4+. The fourth-order valence-corrected chi connectivity index (χ4v) is 7.45. The fourth-order valence-electron chi connectivity index (χ4n) is 7.45. The number of hydrogen-bond acceptors (Lipinski definition) is 9. The van der Waals surface area contributed by atoms with Crippen LogP contribution in [0.4, 0.5) is 20.2 Å². The summed E-state index contributed by atoms with van der Waals surface area (Å²) in [5.74, 6) is -4.35. The van der Waals surface area contributed by atoms with Crippen LogP contribution in [0.3, 0.4) is 0 Å². The van der Waals surface area contributed by atoms with E-state index in [2.05, 4.69) is 34.4 Å². The Labute approximate surface area is 329 Å². The number of likely N-dealkylation sites (N-methyl/N-ethyl adjacent to an activating group) is 1. The maximum atomic E-state index is 15.4. The minimum absolute atomic E-state index is 0.0686. The molecule has 15 heteroatoms. The van der Waals surface area contributed by atoms with Crippen LogP contribution in [0.15, 0.2) is 66.9 Å². The van der Waals surface area contributed by atoms with Crippen LogP contribution in [0.2, 0.25) is 0 Å². The van der Waals surface area contributed by atoms with E-state index in [4.69, 9.17) is 24.4 Å². The number of anilines is 2. The third-order valence-electron chi connectivity index (χ3n) is 11.7. The molecule has 2 aliphatic rings. The number of ether oxygens (including phenoxy) is 3. The van der Waals surface area contributed by atoms with Crippen molar-refractivity contribution < 1.29 is 52.4 Å². The summed E-state index contributed by atoms with van der Waals surface area (Å²) < 4.78 is 46.2. The van der Waals surface area contributed by atoms with Gasteiger partial charge in [-0.3, -0.25) is 24.2 Å². The summed E-state index contributed by atoms with van der Waals surface area (Å²) in [6.07, 6.45) is 1.56. The summed E-state index contributed by atoms with van der Waals surface area (Å²) in [5, 5.41) is 23.3. The van der Waals surface area contributed by atoms with Crippen LogP contribution < -0.4 is 24.8 Å². The Morgan fingerprint density at radius 3 is 1.79 bits per heavy atom. The Bertz CT molecular complexity index is 2110. The normalized spacial score (nSPS) is 21.4. The number of nitrogens with one attached hydrogen (secondary N) is 2. The van der Waals surface area contributed by atoms with E-state index in [9.17, 15) is 23.6 Å². The van der Waals surface area contributed by atoms with Crippen molar-refractivity contribution in [2.75, 3.05) is 44.0 Å². The highest BCUT2D eigenvalue weighted by Gasteiger charge is 2.71. The third-order valence-corrected chi connectivity index (χ3v) is 11.7. The largest absolute Gasteiger partial charge is 0.493 e. The van der Waals surface area contributed by atoms with Gasteiger partial charge in [-0.1, -0.05) is 41.5 Å². The van der Waals surface area contributed by atoms with Gasteiger partial charge in [0.15, 0.2) is 28.5 Å². The molecule has 0 radical (unpaired) electrons. The second-order valence-electron chi connectivity index (χ2n) is 14.4. The molecule has 3 aromatic carbocycles. The molecule has 0 saturated heterocycles. The number of rotatable bonds is 15. The van der Waals surface area contributed by atoms with E-state index in [1.54, 1.807) is 59.2 Å². The predicted octanol–water partition coefficient (Wildman–Crippen LogP) is 7.31. The number of halogens is 2. The Morgan fingerprint density at radius 1 is 0.737 bits per heavy atom. The van der Waals surface area contributed by atoms with Gasteiger partial charge in [-0.15, -0.1) is 0 Å². The van der Waals surface area contributed by atoms with Gasteiger partial charge in [0.05, 0.1) is 12.6 Å². The fraction of sp³-hybridized carbons (Fsp3) is 0.405. The van der Waals surface area contributed by atoms with Gasteiger partial charge in [-0.25, -0.2) is 8.78 Å². The minimum Gasteiger partial charge on any atom is -0.493 e. The van der Waals surface area contributed by atoms with Crippen molar-refractivity contribution in [1.29, 1.82) is 0 Å². The van der Waals surface area contributed by atoms with Gasteiger partial charge < -0.3 is 40.0 Å². The molecule has 13 nitrogen and oxygen atoms in total. The van der Waals surface area contributed by atoms with Gasteiger partial charge in [0, 0.05) is 41.6 Å². The topological polar surface area (TPSA) is 177 Å². The Balaban J connectivity index is 0.000000486. The molecule has 0 aliphatic heterocycles. The number of fused-ring (bicyclic) bond motifs is 1. The summed E-state index contributed by atoms with van der Waals surface area (Å²) >= 11 is 0. The zero-order valence-corrected chi connectivity index (χ0v) is 32.9.